The number of carboxylic acids is 1. The van der Waals surface area contributed by atoms with Gasteiger partial charge in [0.15, 0.2) is 5.96 Å². The van der Waals surface area contributed by atoms with Crippen LogP contribution in [-0.4, -0.2) is 76.7 Å². The van der Waals surface area contributed by atoms with Crippen LogP contribution in [0.5, 0.6) is 0 Å². The van der Waals surface area contributed by atoms with Gasteiger partial charge in [0.2, 0.25) is 17.7 Å². The fourth-order valence-electron chi connectivity index (χ4n) is 3.14. The van der Waals surface area contributed by atoms with Gasteiger partial charge in [-0.15, -0.1) is 0 Å². The molecule has 0 spiro atoms. The van der Waals surface area contributed by atoms with E-state index in [0.717, 1.165) is 0 Å². The summed E-state index contributed by atoms with van der Waals surface area (Å²) >= 11 is 0. The first kappa shape index (κ1) is 32.1. The summed E-state index contributed by atoms with van der Waals surface area (Å²) in [4.78, 5) is 53.8. The van der Waals surface area contributed by atoms with Crippen molar-refractivity contribution in [2.45, 2.75) is 90.6 Å². The Hall–Kier alpha value is -2.93. The quantitative estimate of drug-likeness (QED) is 0.0688. The van der Waals surface area contributed by atoms with E-state index in [2.05, 4.69) is 20.9 Å². The van der Waals surface area contributed by atoms with Crippen LogP contribution in [0.4, 0.5) is 0 Å². The third kappa shape index (κ3) is 11.4. The lowest BCUT2D eigenvalue weighted by molar-refractivity contribution is -0.144. The molecule has 0 radical (unpaired) electrons. The van der Waals surface area contributed by atoms with E-state index >= 15 is 0 Å². The number of aliphatic hydroxyl groups is 1. The van der Waals surface area contributed by atoms with Gasteiger partial charge >= 0.3 is 5.97 Å². The molecule has 13 heteroatoms. The highest BCUT2D eigenvalue weighted by molar-refractivity contribution is 5.94. The van der Waals surface area contributed by atoms with Gasteiger partial charge in [-0.05, 0) is 31.6 Å². The van der Waals surface area contributed by atoms with Crippen LogP contribution in [-0.2, 0) is 19.2 Å². The van der Waals surface area contributed by atoms with Gasteiger partial charge in [0, 0.05) is 6.54 Å². The third-order valence-electron chi connectivity index (χ3n) is 5.98. The van der Waals surface area contributed by atoms with Gasteiger partial charge in [-0.1, -0.05) is 40.5 Å². The van der Waals surface area contributed by atoms with E-state index in [4.69, 9.17) is 17.2 Å². The molecule has 0 aromatic heterocycles. The molecule has 13 nitrogen and oxygen atoms in total. The van der Waals surface area contributed by atoms with Gasteiger partial charge in [-0.3, -0.25) is 19.4 Å². The minimum atomic E-state index is -1.45. The Morgan fingerprint density at radius 1 is 0.857 bits per heavy atom. The van der Waals surface area contributed by atoms with Crippen LogP contribution in [0, 0.1) is 11.8 Å². The number of nitrogens with zero attached hydrogens (tertiary/aromatic N) is 1. The molecule has 0 aliphatic heterocycles. The predicted octanol–water partition coefficient (Wildman–Crippen LogP) is -1.62. The van der Waals surface area contributed by atoms with Crippen molar-refractivity contribution in [3.8, 4) is 0 Å². The first-order chi connectivity index (χ1) is 16.3. The molecule has 35 heavy (non-hydrogen) atoms. The summed E-state index contributed by atoms with van der Waals surface area (Å²) < 4.78 is 0. The molecule has 0 aromatic rings. The molecule has 0 aliphatic rings. The second-order valence-electron chi connectivity index (χ2n) is 8.86. The highest BCUT2D eigenvalue weighted by Gasteiger charge is 2.34. The van der Waals surface area contributed by atoms with Crippen molar-refractivity contribution in [1.29, 1.82) is 0 Å². The number of nitrogens with one attached hydrogen (secondary N) is 3. The number of aliphatic hydroxyl groups excluding tert-OH is 1. The maximum absolute atomic E-state index is 13.0. The number of amides is 3. The predicted molar refractivity (Wildman–Crippen MR) is 132 cm³/mol. The van der Waals surface area contributed by atoms with Crippen LogP contribution in [0.3, 0.4) is 0 Å². The summed E-state index contributed by atoms with van der Waals surface area (Å²) in [6.45, 7) is 8.62. The average molecular weight is 502 g/mol. The molecule has 0 rings (SSSR count). The van der Waals surface area contributed by atoms with Crippen LogP contribution < -0.4 is 33.2 Å². The summed E-state index contributed by atoms with van der Waals surface area (Å²) in [5.41, 5.74) is 16.6. The Labute approximate surface area is 206 Å². The summed E-state index contributed by atoms with van der Waals surface area (Å²) in [6.07, 6.45) is 0.256. The number of hydrogen-bond donors (Lipinski definition) is 8. The maximum atomic E-state index is 13.0. The molecule has 7 unspecified atom stereocenters. The van der Waals surface area contributed by atoms with Crippen LogP contribution in [0.15, 0.2) is 4.99 Å². The highest BCUT2D eigenvalue weighted by Crippen LogP contribution is 2.10. The van der Waals surface area contributed by atoms with E-state index in [9.17, 15) is 29.4 Å². The fraction of sp³-hybridized carbons (Fsp3) is 0.773. The van der Waals surface area contributed by atoms with E-state index in [-0.39, 0.29) is 30.8 Å². The molecule has 11 N–H and O–H groups in total. The molecule has 7 atom stereocenters. The van der Waals surface area contributed by atoms with Gasteiger partial charge in [-0.25, -0.2) is 4.79 Å². The molecule has 0 aliphatic carbocycles. The van der Waals surface area contributed by atoms with Gasteiger partial charge in [0.1, 0.15) is 18.1 Å². The fourth-order valence-corrected chi connectivity index (χ4v) is 3.14. The molecule has 0 saturated heterocycles. The number of rotatable bonds is 16. The average Bonchev–Trinajstić information content (AvgIpc) is 2.79. The molecular formula is C22H43N7O6. The third-order valence-corrected chi connectivity index (χ3v) is 5.98. The van der Waals surface area contributed by atoms with Crippen LogP contribution in [0.2, 0.25) is 0 Å². The van der Waals surface area contributed by atoms with Crippen LogP contribution in [0.25, 0.3) is 0 Å². The molecular weight excluding hydrogens is 458 g/mol. The smallest absolute Gasteiger partial charge is 0.326 e. The number of carbonyl (C=O) groups is 4. The number of nitrogens with two attached hydrogens (primary N) is 3. The Kier molecular flexibility index (Phi) is 14.5. The van der Waals surface area contributed by atoms with Crippen molar-refractivity contribution >= 4 is 29.7 Å². The second kappa shape index (κ2) is 15.9. The molecule has 0 aromatic carbocycles. The molecule has 202 valence electrons. The Morgan fingerprint density at radius 3 is 1.86 bits per heavy atom. The maximum Gasteiger partial charge on any atom is 0.326 e. The number of carbonyl (C=O) groups excluding carboxylic acids is 3. The number of carboxylic acid groups (broad SMARTS) is 1. The Bertz CT molecular complexity index is 742. The number of aliphatic carboxylic acids is 1. The van der Waals surface area contributed by atoms with Crippen molar-refractivity contribution in [3.63, 3.8) is 0 Å². The van der Waals surface area contributed by atoms with Crippen molar-refractivity contribution in [3.05, 3.63) is 0 Å². The normalized spacial score (nSPS) is 17.0. The van der Waals surface area contributed by atoms with Crippen molar-refractivity contribution < 1.29 is 29.4 Å². The zero-order valence-corrected chi connectivity index (χ0v) is 21.3. The second-order valence-corrected chi connectivity index (χ2v) is 8.86. The van der Waals surface area contributed by atoms with Crippen molar-refractivity contribution in [2.75, 3.05) is 6.54 Å². The monoisotopic (exact) mass is 501 g/mol. The minimum Gasteiger partial charge on any atom is -0.480 e. The molecule has 0 fully saturated rings. The SMILES string of the molecule is CCC(C)C(N)C(=O)NC(CCCN=C(N)N)C(=O)NC(C(=O)NC(C(=O)O)C(C)CC)C(C)O. The molecule has 0 saturated carbocycles. The number of aliphatic imine (C=N–C) groups is 1. The van der Waals surface area contributed by atoms with E-state index in [1.807, 2.05) is 13.8 Å². The summed E-state index contributed by atoms with van der Waals surface area (Å²) in [5.74, 6) is -4.00. The first-order valence-electron chi connectivity index (χ1n) is 11.9. The lowest BCUT2D eigenvalue weighted by Crippen LogP contribution is -2.60. The van der Waals surface area contributed by atoms with Crippen molar-refractivity contribution in [2.24, 2.45) is 34.0 Å². The Balaban J connectivity index is 5.61. The van der Waals surface area contributed by atoms with E-state index in [1.54, 1.807) is 13.8 Å². The summed E-state index contributed by atoms with van der Waals surface area (Å²) in [7, 11) is 0. The molecule has 0 bridgehead atoms. The zero-order chi connectivity index (χ0) is 27.3. The highest BCUT2D eigenvalue weighted by atomic mass is 16.4. The largest absolute Gasteiger partial charge is 0.480 e. The number of hydrogen-bond acceptors (Lipinski definition) is 7. The van der Waals surface area contributed by atoms with Gasteiger partial charge in [-0.2, -0.15) is 0 Å². The minimum absolute atomic E-state index is 0.117. The topological polar surface area (TPSA) is 235 Å². The van der Waals surface area contributed by atoms with E-state index in [1.165, 1.54) is 6.92 Å². The Morgan fingerprint density at radius 2 is 1.40 bits per heavy atom. The van der Waals surface area contributed by atoms with Crippen LogP contribution in [0.1, 0.15) is 60.3 Å². The lowest BCUT2D eigenvalue weighted by Gasteiger charge is -2.28. The van der Waals surface area contributed by atoms with Crippen molar-refractivity contribution in [1.82, 2.24) is 16.0 Å². The molecule has 3 amide bonds. The summed E-state index contributed by atoms with van der Waals surface area (Å²) in [5, 5.41) is 27.0. The lowest BCUT2D eigenvalue weighted by atomic mass is 9.98. The van der Waals surface area contributed by atoms with E-state index in [0.29, 0.717) is 19.3 Å². The van der Waals surface area contributed by atoms with Gasteiger partial charge < -0.3 is 43.4 Å². The number of guanidine groups is 1. The van der Waals surface area contributed by atoms with Gasteiger partial charge in [0.25, 0.3) is 0 Å². The van der Waals surface area contributed by atoms with E-state index < -0.39 is 54.0 Å². The first-order valence-corrected chi connectivity index (χ1v) is 11.9. The standard InChI is InChI=1S/C22H43N7O6/c1-6-11(3)15(23)19(32)27-14(9-8-10-26-22(24)25)18(31)29-17(13(5)30)20(33)28-16(21(34)35)12(4)7-2/h11-17,30H,6-10,23H2,1-5H3,(H,27,32)(H,28,33)(H,29,31)(H,34,35)(H4,24,25,26). The van der Waals surface area contributed by atoms with Gasteiger partial charge in [0.05, 0.1) is 12.1 Å². The zero-order valence-electron chi connectivity index (χ0n) is 21.3. The molecule has 0 heterocycles. The summed E-state index contributed by atoms with van der Waals surface area (Å²) in [6, 6.07) is -4.59. The van der Waals surface area contributed by atoms with Crippen LogP contribution >= 0.6 is 0 Å².